The molecule has 0 aromatic heterocycles. The summed E-state index contributed by atoms with van der Waals surface area (Å²) in [6.45, 7) is -12.3. The van der Waals surface area contributed by atoms with E-state index >= 15 is 0 Å². The second-order valence-corrected chi connectivity index (χ2v) is 31.2. The van der Waals surface area contributed by atoms with Crippen LogP contribution in [0.25, 0.3) is 0 Å². The van der Waals surface area contributed by atoms with Gasteiger partial charge in [-0.2, -0.15) is 0 Å². The lowest BCUT2D eigenvalue weighted by Crippen LogP contribution is -2.74. The fraction of sp³-hybridized carbons (Fsp3) is 0.870. The molecule has 0 bridgehead atoms. The molecule has 8 saturated heterocycles. The third-order valence-electron chi connectivity index (χ3n) is 22.3. The number of aliphatic hydroxyl groups excluding tert-OH is 26. The predicted octanol–water partition coefficient (Wildman–Crippen LogP) is -23.1. The molecule has 0 aromatic carbocycles. The Morgan fingerprint density at radius 3 is 1.20 bits per heavy atom. The molecule has 8 heterocycles. The molecule has 35 N–H and O–H groups in total. The van der Waals surface area contributed by atoms with Crippen molar-refractivity contribution in [3.63, 3.8) is 0 Å². The number of carbonyl (C=O) groups excluding carboxylic acids is 6. The van der Waals surface area contributed by atoms with Crippen molar-refractivity contribution in [1.29, 1.82) is 0 Å². The molecule has 0 radical (unpaired) electrons. The number of aliphatic carboxylic acids is 3. The number of hydrogen-bond donors (Lipinski definition) is 35. The molecule has 8 aliphatic rings. The first kappa shape index (κ1) is 107. The lowest BCUT2D eigenvalue weighted by molar-refractivity contribution is -0.395. The van der Waals surface area contributed by atoms with Crippen molar-refractivity contribution in [1.82, 2.24) is 31.9 Å². The van der Waals surface area contributed by atoms with E-state index in [1.54, 1.807) is 0 Å². The van der Waals surface area contributed by atoms with Crippen molar-refractivity contribution in [3.8, 4) is 0 Å². The standard InChI is InChI=1S/C69H112N6O53/c1-18(86)70-38-47(103)43(99)26(9-78)116-60(38)121-52-30(13-82)118-61(40(72-20(3)88)57(52)128-69(66(112)113)6-23(91)36(74-33(95)15-84)55(127-69)42(98)25(93)8-77)123-58-44(100)27(10-79)117-63(50(58)106)120-51-29(12-81)119-62(49(105)48(51)104)122-53-39(71-19(2)87)59(107)115-31(46(53)102)17-114-67(64(108)109)4-21(89)37(75-34(96)16-85)56(125-67)45(101)28(11-80)124-68(65(110)111)5-22(90)35(73-32(94)14-83)54(126-68)41(97)24(92)7-76/h21-31,35-63,76-85,89-93,97-107H,4-17H2,1-3H3,(H,70,86)(H,71,87)(H,72,88)(H,73,94)(H,74,95)(H,75,96)(H,108,109)(H,110,111)(H,112,113)/t21-,22-,23-,24+,25+,26+,27+,28+,29+,30+,31+,35+,36+,37+,38+,39+,40+,41+,42+,43-,44-,45+,46-,47+,48+,49+,50+,51-,52-,53+,54+,55+,56+,57+,58-,59?,60-,61-,62-,63-,67+,68+,69?/m0/s1. The number of ether oxygens (including phenoxy) is 15. The topological polar surface area (TPSA) is 951 Å². The van der Waals surface area contributed by atoms with Crippen LogP contribution in [0.5, 0.6) is 0 Å². The van der Waals surface area contributed by atoms with Gasteiger partial charge in [-0.15, -0.1) is 0 Å². The van der Waals surface area contributed by atoms with Gasteiger partial charge in [0.25, 0.3) is 17.4 Å². The summed E-state index contributed by atoms with van der Waals surface area (Å²) in [6.07, 6.45) is -84.5. The summed E-state index contributed by atoms with van der Waals surface area (Å²) in [5.74, 6) is -24.5. The van der Waals surface area contributed by atoms with E-state index in [-0.39, 0.29) is 0 Å². The average molecular weight is 1870 g/mol. The molecule has 2 unspecified atom stereocenters. The molecule has 0 aliphatic carbocycles. The highest BCUT2D eigenvalue weighted by Gasteiger charge is 2.66. The first-order valence-electron chi connectivity index (χ1n) is 39.5. The van der Waals surface area contributed by atoms with Crippen molar-refractivity contribution in [2.75, 3.05) is 72.7 Å². The smallest absolute Gasteiger partial charge is 0.364 e. The minimum Gasteiger partial charge on any atom is -0.477 e. The van der Waals surface area contributed by atoms with Crippen LogP contribution in [-0.4, -0.2) is 536 Å². The van der Waals surface area contributed by atoms with E-state index in [0.29, 0.717) is 0 Å². The van der Waals surface area contributed by atoms with E-state index in [4.69, 9.17) is 71.1 Å². The van der Waals surface area contributed by atoms with Crippen LogP contribution < -0.4 is 31.9 Å². The molecule has 59 heteroatoms. The van der Waals surface area contributed by atoms with E-state index < -0.39 is 407 Å². The fourth-order valence-electron chi connectivity index (χ4n) is 15.9. The zero-order valence-corrected chi connectivity index (χ0v) is 67.8. The van der Waals surface area contributed by atoms with Crippen molar-refractivity contribution < 1.29 is 262 Å². The number of nitrogens with one attached hydrogen (secondary N) is 6. The molecule has 59 nitrogen and oxygen atoms in total. The Kier molecular flexibility index (Phi) is 38.4. The zero-order chi connectivity index (χ0) is 95.5. The van der Waals surface area contributed by atoms with Crippen LogP contribution in [0.4, 0.5) is 0 Å². The summed E-state index contributed by atoms with van der Waals surface area (Å²) < 4.78 is 87.8. The van der Waals surface area contributed by atoms with Crippen molar-refractivity contribution in [2.45, 2.75) is 302 Å². The monoisotopic (exact) mass is 1870 g/mol. The van der Waals surface area contributed by atoms with Gasteiger partial charge >= 0.3 is 17.9 Å². The Labute approximate surface area is 720 Å². The van der Waals surface area contributed by atoms with Gasteiger partial charge in [0.1, 0.15) is 197 Å². The molecule has 8 aliphatic heterocycles. The first-order chi connectivity index (χ1) is 60.2. The Morgan fingerprint density at radius 1 is 0.352 bits per heavy atom. The molecule has 736 valence electrons. The van der Waals surface area contributed by atoms with Gasteiger partial charge in [0.2, 0.25) is 35.4 Å². The van der Waals surface area contributed by atoms with Gasteiger partial charge in [-0.1, -0.05) is 0 Å². The summed E-state index contributed by atoms with van der Waals surface area (Å²) in [5.41, 5.74) is 0. The maximum atomic E-state index is 13.9. The van der Waals surface area contributed by atoms with Crippen LogP contribution in [0, 0.1) is 0 Å². The molecule has 0 aromatic rings. The Balaban J connectivity index is 1.07. The number of carboxylic acids is 3. The second kappa shape index (κ2) is 46.0. The van der Waals surface area contributed by atoms with Crippen molar-refractivity contribution in [2.24, 2.45) is 0 Å². The Morgan fingerprint density at radius 2 is 0.727 bits per heavy atom. The van der Waals surface area contributed by atoms with E-state index in [1.807, 2.05) is 10.6 Å². The van der Waals surface area contributed by atoms with Gasteiger partial charge in [-0.25, -0.2) is 14.4 Å². The molecule has 6 amide bonds. The van der Waals surface area contributed by atoms with Crippen molar-refractivity contribution in [3.05, 3.63) is 0 Å². The molecule has 8 fully saturated rings. The van der Waals surface area contributed by atoms with Crippen LogP contribution in [0.1, 0.15) is 40.0 Å². The highest BCUT2D eigenvalue weighted by molar-refractivity contribution is 5.80. The summed E-state index contributed by atoms with van der Waals surface area (Å²) >= 11 is 0. The Hall–Kier alpha value is -6.41. The highest BCUT2D eigenvalue weighted by Crippen LogP contribution is 2.44. The van der Waals surface area contributed by atoms with Gasteiger partial charge < -0.3 is 251 Å². The fourth-order valence-corrected chi connectivity index (χ4v) is 15.9. The van der Waals surface area contributed by atoms with E-state index in [1.165, 1.54) is 0 Å². The zero-order valence-electron chi connectivity index (χ0n) is 67.8. The lowest BCUT2D eigenvalue weighted by Gasteiger charge is -2.53. The van der Waals surface area contributed by atoms with Crippen LogP contribution in [-0.2, 0) is 114 Å². The Bertz CT molecular complexity index is 3670. The number of carboxylic acid groups (broad SMARTS) is 3. The highest BCUT2D eigenvalue weighted by atomic mass is 16.8. The number of aliphatic hydroxyl groups is 26. The van der Waals surface area contributed by atoms with E-state index in [9.17, 15) is 191 Å². The number of rotatable bonds is 40. The maximum Gasteiger partial charge on any atom is 0.364 e. The summed E-state index contributed by atoms with van der Waals surface area (Å²) in [7, 11) is 0. The summed E-state index contributed by atoms with van der Waals surface area (Å²) in [6, 6.07) is -12.5. The molecular weight excluding hydrogens is 1760 g/mol. The minimum absolute atomic E-state index is 0.793. The minimum atomic E-state index is -3.56. The van der Waals surface area contributed by atoms with Gasteiger partial charge in [0, 0.05) is 40.0 Å². The van der Waals surface area contributed by atoms with Gasteiger partial charge in [-0.3, -0.25) is 28.8 Å². The quantitative estimate of drug-likeness (QED) is 0.0271. The van der Waals surface area contributed by atoms with E-state index in [0.717, 1.165) is 20.8 Å². The molecule has 128 heavy (non-hydrogen) atoms. The van der Waals surface area contributed by atoms with E-state index in [2.05, 4.69) is 21.3 Å². The summed E-state index contributed by atoms with van der Waals surface area (Å²) in [4.78, 5) is 117. The average Bonchev–Trinajstić information content (AvgIpc) is 0.739. The van der Waals surface area contributed by atoms with Gasteiger partial charge in [-0.05, 0) is 0 Å². The van der Waals surface area contributed by atoms with Crippen LogP contribution in [0.3, 0.4) is 0 Å². The lowest BCUT2D eigenvalue weighted by atomic mass is 9.87. The molecule has 0 spiro atoms. The molecular formula is C69H112N6O53. The van der Waals surface area contributed by atoms with Crippen LogP contribution in [0.2, 0.25) is 0 Å². The third-order valence-corrected chi connectivity index (χ3v) is 22.3. The molecule has 43 atom stereocenters. The number of hydrogen-bond acceptors (Lipinski definition) is 50. The van der Waals surface area contributed by atoms with Gasteiger partial charge in [0.15, 0.2) is 31.5 Å². The van der Waals surface area contributed by atoms with Gasteiger partial charge in [0.05, 0.1) is 89.3 Å². The SMILES string of the molecule is CC(=O)N[C@H]1[C@H](O[C@@H]2[C@H](OC3(C(=O)O)C[C@H](O)[C@@H](NC(=O)CO)[C@H]([C@H](O)[C@H](O)CO)O3)[C@@H](NC(C)=O)[C@H](O[C@H]3[C@@H](O)[C@@H](CO)O[C@@H](O[C@@H]4[C@H](O)[C@@H](O)[C@H](O[C@H]5[C@@H](O)[C@@H](CO[C@]6(C(=O)O)C[C@H](O)[C@@H](NC(=O)CO)[C@H]([C@H](O)[C@@H](CO)O[C@]7(C(=O)O)C[C@H](O)[C@@H](NC(=O)CO)[C@H]([C@H](O)[C@H](O)CO)O7)O6)OC(O)[C@@H]5NC(C)=O)O[C@@H]4CO)[C@@H]3O)O[C@@H]2CO)O[C@H](CO)[C@H](O)[C@@H]1O. The van der Waals surface area contributed by atoms with Crippen LogP contribution in [0.15, 0.2) is 0 Å². The van der Waals surface area contributed by atoms with Crippen LogP contribution >= 0.6 is 0 Å². The normalized spacial score (nSPS) is 42.0. The summed E-state index contributed by atoms with van der Waals surface area (Å²) in [5, 5.41) is 332. The second-order valence-electron chi connectivity index (χ2n) is 31.2. The van der Waals surface area contributed by atoms with Crippen molar-refractivity contribution >= 4 is 53.4 Å². The maximum absolute atomic E-state index is 13.9. The first-order valence-corrected chi connectivity index (χ1v) is 39.5. The number of amides is 6. The number of carbonyl (C=O) groups is 9. The third kappa shape index (κ3) is 23.8. The largest absolute Gasteiger partial charge is 0.477 e. The molecule has 0 saturated carbocycles. The molecule has 8 rings (SSSR count). The predicted molar refractivity (Wildman–Crippen MR) is 390 cm³/mol.